The lowest BCUT2D eigenvalue weighted by Crippen LogP contribution is -2.27. The molecule has 0 atom stereocenters. The van der Waals surface area contributed by atoms with Crippen LogP contribution in [0, 0.1) is 11.6 Å². The molecule has 156 valence electrons. The summed E-state index contributed by atoms with van der Waals surface area (Å²) >= 11 is 5.83. The van der Waals surface area contributed by atoms with Gasteiger partial charge in [-0.15, -0.1) is 0 Å². The van der Waals surface area contributed by atoms with Gasteiger partial charge in [0, 0.05) is 29.5 Å². The van der Waals surface area contributed by atoms with E-state index < -0.39 is 47.5 Å². The maximum atomic E-state index is 13.4. The average molecular weight is 443 g/mol. The molecule has 1 heterocycles. The van der Waals surface area contributed by atoms with Crippen LogP contribution in [0.4, 0.5) is 33.6 Å². The number of carbonyl (C=O) groups is 1. The number of nitrogens with zero attached hydrogens (tertiary/aromatic N) is 2. The summed E-state index contributed by atoms with van der Waals surface area (Å²) in [6.07, 6.45) is -4.24. The van der Waals surface area contributed by atoms with E-state index in [4.69, 9.17) is 11.6 Å². The molecule has 11 heteroatoms. The first-order chi connectivity index (χ1) is 14.1. The fourth-order valence-corrected chi connectivity index (χ4v) is 2.70. The molecule has 0 fully saturated rings. The molecule has 0 aliphatic carbocycles. The molecule has 1 aromatic heterocycles. The van der Waals surface area contributed by atoms with Crippen LogP contribution in [0.15, 0.2) is 48.7 Å². The Kier molecular flexibility index (Phi) is 6.16. The Morgan fingerprint density at radius 1 is 1.07 bits per heavy atom. The van der Waals surface area contributed by atoms with E-state index in [0.29, 0.717) is 23.0 Å². The van der Waals surface area contributed by atoms with Crippen LogP contribution < -0.4 is 10.6 Å². The maximum absolute atomic E-state index is 13.4. The minimum atomic E-state index is -4.95. The van der Waals surface area contributed by atoms with E-state index in [1.807, 2.05) is 0 Å². The largest absolute Gasteiger partial charge is 0.434 e. The summed E-state index contributed by atoms with van der Waals surface area (Å²) in [4.78, 5) is 19.4. The van der Waals surface area contributed by atoms with Gasteiger partial charge in [0.1, 0.15) is 11.6 Å². The Labute approximate surface area is 171 Å². The number of hydrogen-bond acceptors (Lipinski definition) is 4. The maximum Gasteiger partial charge on any atom is 0.434 e. The molecule has 2 N–H and O–H groups in total. The van der Waals surface area contributed by atoms with Crippen molar-refractivity contribution >= 4 is 29.1 Å². The molecule has 0 aliphatic heterocycles. The molecule has 0 spiro atoms. The zero-order valence-electron chi connectivity index (χ0n) is 14.9. The van der Waals surface area contributed by atoms with Gasteiger partial charge >= 0.3 is 6.18 Å². The summed E-state index contributed by atoms with van der Waals surface area (Å²) in [5.41, 5.74) is -1.92. The fourth-order valence-electron chi connectivity index (χ4n) is 2.51. The van der Waals surface area contributed by atoms with Crippen molar-refractivity contribution in [2.45, 2.75) is 12.7 Å². The molecular formula is C19H12ClF5N4O. The SMILES string of the molecule is O=C(NCc1cc(F)cc(F)c1)c1cnc(Nc2cccc(Cl)c2)nc1C(F)(F)F. The van der Waals surface area contributed by atoms with Gasteiger partial charge in [0.25, 0.3) is 5.91 Å². The van der Waals surface area contributed by atoms with Crippen molar-refractivity contribution in [3.05, 3.63) is 82.1 Å². The Morgan fingerprint density at radius 3 is 2.40 bits per heavy atom. The van der Waals surface area contributed by atoms with Crippen LogP contribution in [0.1, 0.15) is 21.6 Å². The summed E-state index contributed by atoms with van der Waals surface area (Å²) < 4.78 is 66.7. The number of anilines is 2. The van der Waals surface area contributed by atoms with Crippen molar-refractivity contribution in [2.75, 3.05) is 5.32 Å². The third-order valence-corrected chi connectivity index (χ3v) is 3.99. The minimum absolute atomic E-state index is 0.0366. The Morgan fingerprint density at radius 2 is 1.77 bits per heavy atom. The van der Waals surface area contributed by atoms with Crippen LogP contribution in [0.3, 0.4) is 0 Å². The number of halogens is 6. The predicted molar refractivity (Wildman–Crippen MR) is 99.3 cm³/mol. The zero-order valence-corrected chi connectivity index (χ0v) is 15.7. The van der Waals surface area contributed by atoms with Crippen molar-refractivity contribution in [2.24, 2.45) is 0 Å². The second-order valence-corrected chi connectivity index (χ2v) is 6.49. The van der Waals surface area contributed by atoms with Gasteiger partial charge in [-0.3, -0.25) is 4.79 Å². The molecule has 2 aromatic carbocycles. The molecule has 3 aromatic rings. The van der Waals surface area contributed by atoms with Gasteiger partial charge in [0.2, 0.25) is 5.95 Å². The molecular weight excluding hydrogens is 431 g/mol. The van der Waals surface area contributed by atoms with Gasteiger partial charge < -0.3 is 10.6 Å². The molecule has 0 bridgehead atoms. The van der Waals surface area contributed by atoms with Crippen LogP contribution in [0.2, 0.25) is 5.02 Å². The standard InChI is InChI=1S/C19H12ClF5N4O/c20-11-2-1-3-14(6-11)28-18-27-9-15(16(29-18)19(23,24)25)17(30)26-8-10-4-12(21)7-13(22)5-10/h1-7,9H,8H2,(H,26,30)(H,27,28,29). The first kappa shape index (κ1) is 21.4. The Balaban J connectivity index is 1.83. The van der Waals surface area contributed by atoms with Gasteiger partial charge in [-0.1, -0.05) is 17.7 Å². The van der Waals surface area contributed by atoms with E-state index in [2.05, 4.69) is 20.6 Å². The van der Waals surface area contributed by atoms with Gasteiger partial charge in [0.05, 0.1) is 5.56 Å². The smallest absolute Gasteiger partial charge is 0.348 e. The average Bonchev–Trinajstić information content (AvgIpc) is 2.65. The van der Waals surface area contributed by atoms with E-state index in [9.17, 15) is 26.7 Å². The zero-order chi connectivity index (χ0) is 21.9. The number of nitrogens with one attached hydrogen (secondary N) is 2. The summed E-state index contributed by atoms with van der Waals surface area (Å²) in [6, 6.07) is 8.68. The fraction of sp³-hybridized carbons (Fsp3) is 0.105. The molecule has 0 saturated heterocycles. The van der Waals surface area contributed by atoms with E-state index in [1.165, 1.54) is 6.07 Å². The van der Waals surface area contributed by atoms with E-state index in [0.717, 1.165) is 12.1 Å². The molecule has 5 nitrogen and oxygen atoms in total. The highest BCUT2D eigenvalue weighted by atomic mass is 35.5. The molecule has 1 amide bonds. The van der Waals surface area contributed by atoms with E-state index in [-0.39, 0.29) is 5.56 Å². The van der Waals surface area contributed by atoms with Crippen molar-refractivity contribution < 1.29 is 26.7 Å². The topological polar surface area (TPSA) is 66.9 Å². The first-order valence-corrected chi connectivity index (χ1v) is 8.69. The van der Waals surface area contributed by atoms with E-state index in [1.54, 1.807) is 18.2 Å². The third-order valence-electron chi connectivity index (χ3n) is 3.76. The Bertz CT molecular complexity index is 1070. The van der Waals surface area contributed by atoms with Crippen LogP contribution >= 0.6 is 11.6 Å². The molecule has 0 aliphatic rings. The van der Waals surface area contributed by atoms with Crippen LogP contribution in [0.5, 0.6) is 0 Å². The number of rotatable bonds is 5. The number of amides is 1. The monoisotopic (exact) mass is 442 g/mol. The first-order valence-electron chi connectivity index (χ1n) is 8.32. The van der Waals surface area contributed by atoms with E-state index >= 15 is 0 Å². The van der Waals surface area contributed by atoms with Crippen molar-refractivity contribution in [3.63, 3.8) is 0 Å². The minimum Gasteiger partial charge on any atom is -0.348 e. The quantitative estimate of drug-likeness (QED) is 0.539. The van der Waals surface area contributed by atoms with Crippen molar-refractivity contribution in [3.8, 4) is 0 Å². The van der Waals surface area contributed by atoms with Gasteiger partial charge in [-0.05, 0) is 35.9 Å². The number of hydrogen-bond donors (Lipinski definition) is 2. The summed E-state index contributed by atoms with van der Waals surface area (Å²) in [7, 11) is 0. The predicted octanol–water partition coefficient (Wildman–Crippen LogP) is 5.10. The highest BCUT2D eigenvalue weighted by Crippen LogP contribution is 2.31. The Hall–Kier alpha value is -3.27. The second kappa shape index (κ2) is 8.62. The summed E-state index contributed by atoms with van der Waals surface area (Å²) in [5, 5.41) is 5.09. The second-order valence-electron chi connectivity index (χ2n) is 6.05. The lowest BCUT2D eigenvalue weighted by molar-refractivity contribution is -0.141. The lowest BCUT2D eigenvalue weighted by atomic mass is 10.2. The third kappa shape index (κ3) is 5.41. The number of benzene rings is 2. The normalized spacial score (nSPS) is 11.3. The van der Waals surface area contributed by atoms with Crippen molar-refractivity contribution in [1.29, 1.82) is 0 Å². The summed E-state index contributed by atoms with van der Waals surface area (Å²) in [5.74, 6) is -3.31. The molecule has 3 rings (SSSR count). The highest BCUT2D eigenvalue weighted by molar-refractivity contribution is 6.30. The van der Waals surface area contributed by atoms with Gasteiger partial charge in [0.15, 0.2) is 5.69 Å². The van der Waals surface area contributed by atoms with Crippen LogP contribution in [-0.2, 0) is 12.7 Å². The summed E-state index contributed by atoms with van der Waals surface area (Å²) in [6.45, 7) is -0.396. The van der Waals surface area contributed by atoms with Gasteiger partial charge in [-0.25, -0.2) is 18.7 Å². The number of alkyl halides is 3. The molecule has 0 radical (unpaired) electrons. The van der Waals surface area contributed by atoms with Crippen LogP contribution in [0.25, 0.3) is 0 Å². The molecule has 0 saturated carbocycles. The lowest BCUT2D eigenvalue weighted by Gasteiger charge is -2.14. The molecule has 30 heavy (non-hydrogen) atoms. The highest BCUT2D eigenvalue weighted by Gasteiger charge is 2.38. The number of carbonyl (C=O) groups excluding carboxylic acids is 1. The number of aromatic nitrogens is 2. The van der Waals surface area contributed by atoms with Crippen molar-refractivity contribution in [1.82, 2.24) is 15.3 Å². The van der Waals surface area contributed by atoms with Gasteiger partial charge in [-0.2, -0.15) is 13.2 Å². The van der Waals surface area contributed by atoms with Crippen LogP contribution in [-0.4, -0.2) is 15.9 Å². The molecule has 0 unspecified atom stereocenters.